The molecule has 0 rings (SSSR count). The molecular formula is C20H42NO4+. The predicted molar refractivity (Wildman–Crippen MR) is 102 cm³/mol. The second-order valence-electron chi connectivity index (χ2n) is 7.39. The van der Waals surface area contributed by atoms with Crippen LogP contribution in [-0.4, -0.2) is 67.2 Å². The van der Waals surface area contributed by atoms with Crippen LogP contribution in [0.4, 0.5) is 0 Å². The van der Waals surface area contributed by atoms with E-state index in [1.807, 2.05) is 7.05 Å². The Bertz CT molecular complexity index is 304. The lowest BCUT2D eigenvalue weighted by Gasteiger charge is -2.33. The molecule has 150 valence electrons. The highest BCUT2D eigenvalue weighted by atomic mass is 16.5. The van der Waals surface area contributed by atoms with E-state index in [2.05, 4.69) is 6.92 Å². The van der Waals surface area contributed by atoms with Crippen molar-refractivity contribution in [1.82, 2.24) is 0 Å². The minimum Gasteiger partial charge on any atom is -0.460 e. The fourth-order valence-electron chi connectivity index (χ4n) is 3.03. The number of rotatable bonds is 18. The number of quaternary nitrogens is 1. The molecule has 25 heavy (non-hydrogen) atoms. The van der Waals surface area contributed by atoms with Gasteiger partial charge in [-0.05, 0) is 6.42 Å². The summed E-state index contributed by atoms with van der Waals surface area (Å²) in [6.07, 6.45) is 13.1. The second-order valence-corrected chi connectivity index (χ2v) is 7.39. The molecule has 0 aromatic rings. The second kappa shape index (κ2) is 16.8. The van der Waals surface area contributed by atoms with E-state index < -0.39 is 0 Å². The van der Waals surface area contributed by atoms with Crippen LogP contribution in [-0.2, 0) is 9.53 Å². The Kier molecular flexibility index (Phi) is 16.4. The Balaban J connectivity index is 3.52. The Morgan fingerprint density at radius 3 is 1.76 bits per heavy atom. The summed E-state index contributed by atoms with van der Waals surface area (Å²) in [5.74, 6) is -0.126. The number of nitrogens with zero attached hydrogens (tertiary/aromatic N) is 1. The molecule has 0 atom stereocenters. The molecular weight excluding hydrogens is 318 g/mol. The number of ether oxygens (including phenoxy) is 1. The van der Waals surface area contributed by atoms with Gasteiger partial charge in [-0.25, -0.2) is 0 Å². The molecule has 5 heteroatoms. The topological polar surface area (TPSA) is 66.8 Å². The third kappa shape index (κ3) is 15.3. The van der Waals surface area contributed by atoms with Crippen LogP contribution in [0.1, 0.15) is 77.6 Å². The van der Waals surface area contributed by atoms with Crippen LogP contribution >= 0.6 is 0 Å². The van der Waals surface area contributed by atoms with Crippen LogP contribution in [0.2, 0.25) is 0 Å². The van der Waals surface area contributed by atoms with E-state index in [4.69, 9.17) is 14.9 Å². The SMILES string of the molecule is CCCCCCCCCCCCC(=O)OCC[N+](C)(CCO)CCO. The highest BCUT2D eigenvalue weighted by Gasteiger charge is 2.20. The molecule has 0 saturated carbocycles. The average Bonchev–Trinajstić information content (AvgIpc) is 2.57. The fourth-order valence-corrected chi connectivity index (χ4v) is 3.03. The van der Waals surface area contributed by atoms with E-state index in [1.165, 1.54) is 51.4 Å². The highest BCUT2D eigenvalue weighted by molar-refractivity contribution is 5.69. The highest BCUT2D eigenvalue weighted by Crippen LogP contribution is 2.11. The number of aliphatic hydroxyl groups is 2. The summed E-state index contributed by atoms with van der Waals surface area (Å²) in [4.78, 5) is 11.8. The van der Waals surface area contributed by atoms with Gasteiger partial charge in [0.15, 0.2) is 0 Å². The molecule has 0 heterocycles. The molecule has 5 nitrogen and oxygen atoms in total. The summed E-state index contributed by atoms with van der Waals surface area (Å²) < 4.78 is 5.82. The van der Waals surface area contributed by atoms with Crippen molar-refractivity contribution in [3.05, 3.63) is 0 Å². The summed E-state index contributed by atoms with van der Waals surface area (Å²) in [5.41, 5.74) is 0. The maximum absolute atomic E-state index is 11.8. The molecule has 0 bridgehead atoms. The number of esters is 1. The Labute approximate surface area is 155 Å². The Hall–Kier alpha value is -0.650. The van der Waals surface area contributed by atoms with E-state index in [0.717, 1.165) is 12.8 Å². The maximum Gasteiger partial charge on any atom is 0.305 e. The van der Waals surface area contributed by atoms with Crippen molar-refractivity contribution in [1.29, 1.82) is 0 Å². The number of aliphatic hydroxyl groups excluding tert-OH is 2. The number of unbranched alkanes of at least 4 members (excludes halogenated alkanes) is 9. The van der Waals surface area contributed by atoms with E-state index >= 15 is 0 Å². The first-order valence-electron chi connectivity index (χ1n) is 10.3. The van der Waals surface area contributed by atoms with Gasteiger partial charge < -0.3 is 19.4 Å². The molecule has 0 fully saturated rings. The van der Waals surface area contributed by atoms with Gasteiger partial charge in [0.1, 0.15) is 26.2 Å². The molecule has 0 aliphatic carbocycles. The van der Waals surface area contributed by atoms with Crippen LogP contribution in [0, 0.1) is 0 Å². The zero-order valence-corrected chi connectivity index (χ0v) is 16.7. The number of likely N-dealkylation sites (N-methyl/N-ethyl adjacent to an activating group) is 1. The van der Waals surface area contributed by atoms with Gasteiger partial charge in [-0.1, -0.05) is 64.7 Å². The smallest absolute Gasteiger partial charge is 0.305 e. The Morgan fingerprint density at radius 1 is 0.800 bits per heavy atom. The van der Waals surface area contributed by atoms with Gasteiger partial charge >= 0.3 is 5.97 Å². The van der Waals surface area contributed by atoms with Crippen molar-refractivity contribution in [3.8, 4) is 0 Å². The van der Waals surface area contributed by atoms with E-state index in [0.29, 0.717) is 37.1 Å². The molecule has 0 unspecified atom stereocenters. The van der Waals surface area contributed by atoms with Crippen LogP contribution in [0.3, 0.4) is 0 Å². The molecule has 0 spiro atoms. The molecule has 0 aliphatic heterocycles. The number of carbonyl (C=O) groups excluding carboxylic acids is 1. The Morgan fingerprint density at radius 2 is 1.28 bits per heavy atom. The zero-order valence-electron chi connectivity index (χ0n) is 16.7. The van der Waals surface area contributed by atoms with Crippen molar-refractivity contribution in [2.45, 2.75) is 77.6 Å². The lowest BCUT2D eigenvalue weighted by molar-refractivity contribution is -0.910. The van der Waals surface area contributed by atoms with Gasteiger partial charge in [0.2, 0.25) is 0 Å². The average molecular weight is 361 g/mol. The fraction of sp³-hybridized carbons (Fsp3) is 0.950. The minimum atomic E-state index is -0.126. The van der Waals surface area contributed by atoms with Gasteiger partial charge in [-0.3, -0.25) is 4.79 Å². The van der Waals surface area contributed by atoms with E-state index in [-0.39, 0.29) is 19.2 Å². The van der Waals surface area contributed by atoms with E-state index in [1.54, 1.807) is 0 Å². The number of hydrogen-bond donors (Lipinski definition) is 2. The van der Waals surface area contributed by atoms with Gasteiger partial charge in [0, 0.05) is 6.42 Å². The summed E-state index contributed by atoms with van der Waals surface area (Å²) in [6.45, 7) is 4.50. The van der Waals surface area contributed by atoms with Crippen LogP contribution in [0.25, 0.3) is 0 Å². The first kappa shape index (κ1) is 24.4. The monoisotopic (exact) mass is 360 g/mol. The van der Waals surface area contributed by atoms with Crippen LogP contribution in [0.5, 0.6) is 0 Å². The normalized spacial score (nSPS) is 11.7. The summed E-state index contributed by atoms with van der Waals surface area (Å²) in [5, 5.41) is 18.2. The molecule has 0 aromatic carbocycles. The summed E-state index contributed by atoms with van der Waals surface area (Å²) >= 11 is 0. The molecule has 0 saturated heterocycles. The van der Waals surface area contributed by atoms with Crippen LogP contribution in [0.15, 0.2) is 0 Å². The first-order valence-corrected chi connectivity index (χ1v) is 10.3. The van der Waals surface area contributed by atoms with Gasteiger partial charge in [0.25, 0.3) is 0 Å². The van der Waals surface area contributed by atoms with Crippen molar-refractivity contribution < 1.29 is 24.2 Å². The van der Waals surface area contributed by atoms with Crippen molar-refractivity contribution in [3.63, 3.8) is 0 Å². The van der Waals surface area contributed by atoms with Gasteiger partial charge in [-0.15, -0.1) is 0 Å². The number of carbonyl (C=O) groups is 1. The molecule has 0 radical (unpaired) electrons. The largest absolute Gasteiger partial charge is 0.460 e. The molecule has 0 amide bonds. The summed E-state index contributed by atoms with van der Waals surface area (Å²) in [6, 6.07) is 0. The molecule has 0 aromatic heterocycles. The molecule has 0 aliphatic rings. The van der Waals surface area contributed by atoms with Gasteiger partial charge in [-0.2, -0.15) is 0 Å². The summed E-state index contributed by atoms with van der Waals surface area (Å²) in [7, 11) is 1.96. The third-order valence-corrected chi connectivity index (χ3v) is 4.91. The third-order valence-electron chi connectivity index (χ3n) is 4.91. The first-order chi connectivity index (χ1) is 12.1. The quantitative estimate of drug-likeness (QED) is 0.224. The van der Waals surface area contributed by atoms with Crippen molar-refractivity contribution >= 4 is 5.97 Å². The minimum absolute atomic E-state index is 0.0725. The van der Waals surface area contributed by atoms with Crippen molar-refractivity contribution in [2.75, 3.05) is 46.5 Å². The van der Waals surface area contributed by atoms with E-state index in [9.17, 15) is 4.79 Å². The number of hydrogen-bond acceptors (Lipinski definition) is 4. The molecule has 2 N–H and O–H groups in total. The maximum atomic E-state index is 11.8. The standard InChI is InChI=1S/C20H42NO4/c1-3-4-5-6-7-8-9-10-11-12-13-20(24)25-19-16-21(2,14-17-22)15-18-23/h22-23H,3-19H2,1-2H3/q+1. The van der Waals surface area contributed by atoms with Gasteiger partial charge in [0.05, 0.1) is 20.3 Å². The lowest BCUT2D eigenvalue weighted by atomic mass is 10.1. The predicted octanol–water partition coefficient (Wildman–Crippen LogP) is 3.27. The van der Waals surface area contributed by atoms with Crippen LogP contribution < -0.4 is 0 Å². The lowest BCUT2D eigenvalue weighted by Crippen LogP contribution is -2.50. The van der Waals surface area contributed by atoms with Crippen molar-refractivity contribution in [2.24, 2.45) is 0 Å². The zero-order chi connectivity index (χ0) is 18.8.